The van der Waals surface area contributed by atoms with Gasteiger partial charge in [0.15, 0.2) is 12.2 Å². The molecule has 1 N–H and O–H groups in total. The van der Waals surface area contributed by atoms with Crippen molar-refractivity contribution in [1.82, 2.24) is 0 Å². The van der Waals surface area contributed by atoms with Crippen LogP contribution in [0.5, 0.6) is 0 Å². The molecule has 0 saturated carbocycles. The lowest BCUT2D eigenvalue weighted by Crippen LogP contribution is -2.30. The summed E-state index contributed by atoms with van der Waals surface area (Å²) < 4.78 is 15.4. The van der Waals surface area contributed by atoms with Crippen LogP contribution in [0.1, 0.15) is 0 Å². The van der Waals surface area contributed by atoms with E-state index in [1.165, 1.54) is 0 Å². The first kappa shape index (κ1) is 7.27. The van der Waals surface area contributed by atoms with Gasteiger partial charge in [0, 0.05) is 12.2 Å². The number of hydrogen-bond acceptors (Lipinski definition) is 5. The second-order valence-electron chi connectivity index (χ2n) is 2.54. The number of hydrogen-bond donors (Lipinski definition) is 1. The highest BCUT2D eigenvalue weighted by Crippen LogP contribution is 2.26. The van der Waals surface area contributed by atoms with Gasteiger partial charge in [-0.2, -0.15) is 0 Å². The maximum Gasteiger partial charge on any atom is 0.353 e. The van der Waals surface area contributed by atoms with Crippen molar-refractivity contribution in [2.24, 2.45) is 0 Å². The minimum absolute atomic E-state index is 0.0485. The summed E-state index contributed by atoms with van der Waals surface area (Å²) in [5, 5.41) is 8.96. The highest BCUT2D eigenvalue weighted by molar-refractivity contribution is 7.79. The van der Waals surface area contributed by atoms with Crippen LogP contribution < -0.4 is 0 Å². The molecule has 0 unspecified atom stereocenters. The Morgan fingerprint density at radius 2 is 2.36 bits per heavy atom. The van der Waals surface area contributed by atoms with Crippen LogP contribution in [0.25, 0.3) is 0 Å². The van der Waals surface area contributed by atoms with Gasteiger partial charge in [-0.1, -0.05) is 0 Å². The molecule has 2 aliphatic heterocycles. The molecular formula is C6H8O4S. The van der Waals surface area contributed by atoms with Crippen LogP contribution in [-0.2, 0) is 14.2 Å². The summed E-state index contributed by atoms with van der Waals surface area (Å²) >= 11 is 4.69. The molecule has 2 rings (SSSR count). The van der Waals surface area contributed by atoms with Gasteiger partial charge in [-0.05, 0) is 0 Å². The van der Waals surface area contributed by atoms with Crippen molar-refractivity contribution in [3.63, 3.8) is 0 Å². The summed E-state index contributed by atoms with van der Waals surface area (Å²) in [6, 6.07) is 0. The molecule has 11 heavy (non-hydrogen) atoms. The van der Waals surface area contributed by atoms with Gasteiger partial charge in [-0.15, -0.1) is 0 Å². The number of aliphatic hydroxyl groups is 1. The van der Waals surface area contributed by atoms with Crippen molar-refractivity contribution >= 4 is 17.5 Å². The molecule has 0 aromatic heterocycles. The molecule has 2 fully saturated rings. The monoisotopic (exact) mass is 176 g/mol. The zero-order valence-electron chi connectivity index (χ0n) is 5.73. The summed E-state index contributed by atoms with van der Waals surface area (Å²) in [4.78, 5) is 0. The molecule has 0 aromatic carbocycles. The maximum atomic E-state index is 8.80. The van der Waals surface area contributed by atoms with Gasteiger partial charge in [-0.3, -0.25) is 0 Å². The number of thiocarbonyl (C=S) groups is 1. The molecule has 5 heteroatoms. The number of rotatable bonds is 1. The van der Waals surface area contributed by atoms with Crippen molar-refractivity contribution in [3.8, 4) is 0 Å². The maximum absolute atomic E-state index is 8.80. The normalized spacial score (nSPS) is 41.5. The average Bonchev–Trinajstić information content (AvgIpc) is 2.45. The minimum Gasteiger partial charge on any atom is -0.447 e. The molecule has 2 heterocycles. The third kappa shape index (κ3) is 1.09. The van der Waals surface area contributed by atoms with Gasteiger partial charge >= 0.3 is 5.24 Å². The van der Waals surface area contributed by atoms with E-state index in [0.717, 1.165) is 0 Å². The molecule has 4 nitrogen and oxygen atoms in total. The molecule has 0 radical (unpaired) electrons. The Balaban J connectivity index is 2.07. The minimum atomic E-state index is -0.277. The lowest BCUT2D eigenvalue weighted by atomic mass is 10.2. The van der Waals surface area contributed by atoms with Gasteiger partial charge in [0.05, 0.1) is 13.2 Å². The summed E-state index contributed by atoms with van der Waals surface area (Å²) in [7, 11) is 0. The lowest BCUT2D eigenvalue weighted by Gasteiger charge is -2.10. The third-order valence-electron chi connectivity index (χ3n) is 1.87. The van der Waals surface area contributed by atoms with E-state index in [1.807, 2.05) is 0 Å². The van der Waals surface area contributed by atoms with Crippen LogP contribution in [0.3, 0.4) is 0 Å². The molecule has 0 aromatic rings. The highest BCUT2D eigenvalue weighted by Gasteiger charge is 2.46. The molecule has 0 spiro atoms. The van der Waals surface area contributed by atoms with E-state index in [-0.39, 0.29) is 30.2 Å². The van der Waals surface area contributed by atoms with Gasteiger partial charge in [0.1, 0.15) is 6.10 Å². The van der Waals surface area contributed by atoms with Gasteiger partial charge in [0.25, 0.3) is 0 Å². The molecular weight excluding hydrogens is 168 g/mol. The predicted molar refractivity (Wildman–Crippen MR) is 39.2 cm³/mol. The third-order valence-corrected chi connectivity index (χ3v) is 2.06. The lowest BCUT2D eigenvalue weighted by molar-refractivity contribution is 0.00860. The Labute approximate surface area is 69.0 Å². The summed E-state index contributed by atoms with van der Waals surface area (Å²) in [6.45, 7) is 0.406. The van der Waals surface area contributed by atoms with E-state index in [2.05, 4.69) is 0 Å². The average molecular weight is 176 g/mol. The van der Waals surface area contributed by atoms with Crippen molar-refractivity contribution in [2.45, 2.75) is 18.3 Å². The largest absolute Gasteiger partial charge is 0.447 e. The van der Waals surface area contributed by atoms with Crippen LogP contribution in [-0.4, -0.2) is 41.9 Å². The quantitative estimate of drug-likeness (QED) is 0.543. The Hall–Kier alpha value is -0.390. The summed E-state index contributed by atoms with van der Waals surface area (Å²) in [5.41, 5.74) is 0. The van der Waals surface area contributed by atoms with Crippen LogP contribution in [0.15, 0.2) is 0 Å². The van der Waals surface area contributed by atoms with Crippen LogP contribution in [0, 0.1) is 0 Å². The first-order chi connectivity index (χ1) is 5.31. The highest BCUT2D eigenvalue weighted by atomic mass is 32.1. The van der Waals surface area contributed by atoms with Gasteiger partial charge < -0.3 is 19.3 Å². The molecule has 0 bridgehead atoms. The van der Waals surface area contributed by atoms with Crippen LogP contribution in [0.2, 0.25) is 0 Å². The number of aliphatic hydroxyl groups excluding tert-OH is 1. The predicted octanol–water partition coefficient (Wildman–Crippen LogP) is -0.554. The Morgan fingerprint density at radius 1 is 1.55 bits per heavy atom. The van der Waals surface area contributed by atoms with Crippen molar-refractivity contribution < 1.29 is 19.3 Å². The molecule has 2 aliphatic rings. The molecule has 0 aliphatic carbocycles. The van der Waals surface area contributed by atoms with E-state index in [0.29, 0.717) is 6.61 Å². The summed E-state index contributed by atoms with van der Waals surface area (Å²) in [5.74, 6) is 0. The Kier molecular flexibility index (Phi) is 1.71. The first-order valence-corrected chi connectivity index (χ1v) is 3.82. The van der Waals surface area contributed by atoms with E-state index in [4.69, 9.17) is 31.5 Å². The van der Waals surface area contributed by atoms with E-state index in [9.17, 15) is 0 Å². The van der Waals surface area contributed by atoms with Crippen LogP contribution in [0.4, 0.5) is 0 Å². The second kappa shape index (κ2) is 2.58. The number of fused-ring (bicyclic) bond motifs is 1. The fraction of sp³-hybridized carbons (Fsp3) is 0.833. The van der Waals surface area contributed by atoms with Crippen LogP contribution >= 0.6 is 12.2 Å². The fourth-order valence-corrected chi connectivity index (χ4v) is 1.55. The van der Waals surface area contributed by atoms with Crippen molar-refractivity contribution in [3.05, 3.63) is 0 Å². The molecule has 3 atom stereocenters. The first-order valence-electron chi connectivity index (χ1n) is 3.41. The number of ether oxygens (including phenoxy) is 3. The Morgan fingerprint density at radius 3 is 3.09 bits per heavy atom. The van der Waals surface area contributed by atoms with Gasteiger partial charge in [0.2, 0.25) is 0 Å². The van der Waals surface area contributed by atoms with Gasteiger partial charge in [-0.25, -0.2) is 0 Å². The fourth-order valence-electron chi connectivity index (χ4n) is 1.32. The van der Waals surface area contributed by atoms with E-state index >= 15 is 0 Å². The Bertz CT molecular complexity index is 183. The van der Waals surface area contributed by atoms with Crippen molar-refractivity contribution in [1.29, 1.82) is 0 Å². The molecule has 62 valence electrons. The van der Waals surface area contributed by atoms with E-state index < -0.39 is 0 Å². The van der Waals surface area contributed by atoms with Crippen molar-refractivity contribution in [2.75, 3.05) is 13.2 Å². The standard InChI is InChI=1S/C6H8O4S/c7-1-3-5-4(2-8-3)9-6(11)10-5/h3-5,7H,1-2H2/t3-,4-,5-/m1/s1. The molecule has 0 amide bonds. The topological polar surface area (TPSA) is 47.9 Å². The molecule has 2 saturated heterocycles. The van der Waals surface area contributed by atoms with E-state index in [1.54, 1.807) is 0 Å². The SMILES string of the molecule is OC[C@H]1OC[C@H]2OC(=S)O[C@H]12. The summed E-state index contributed by atoms with van der Waals surface area (Å²) in [6.07, 6.45) is -0.590. The zero-order valence-corrected chi connectivity index (χ0v) is 6.54. The zero-order chi connectivity index (χ0) is 7.84. The smallest absolute Gasteiger partial charge is 0.353 e. The second-order valence-corrected chi connectivity index (χ2v) is 2.88.